The second-order valence-electron chi connectivity index (χ2n) is 2.79. The maximum absolute atomic E-state index is 10.3. The van der Waals surface area contributed by atoms with Crippen LogP contribution in [0.2, 0.25) is 0 Å². The number of hydrogen-bond donors (Lipinski definition) is 3. The average molecular weight is 225 g/mol. The molecule has 1 fully saturated rings. The number of carbonyl (C=O) groups is 5. The molecule has 8 heteroatoms. The highest BCUT2D eigenvalue weighted by Crippen LogP contribution is 1.85. The minimum atomic E-state index is -0.740. The molecule has 0 spiro atoms. The molecule has 2 rings (SSSR count). The van der Waals surface area contributed by atoms with Crippen LogP contribution in [-0.2, 0) is 19.2 Å². The van der Waals surface area contributed by atoms with E-state index in [2.05, 4.69) is 0 Å². The van der Waals surface area contributed by atoms with Gasteiger partial charge in [-0.25, -0.2) is 4.79 Å². The first-order valence-corrected chi connectivity index (χ1v) is 4.14. The number of urea groups is 1. The minimum Gasteiger partial charge on any atom is -0.289 e. The molecule has 1 saturated heterocycles. The Hall–Kier alpha value is -2.51. The van der Waals surface area contributed by atoms with Crippen LogP contribution < -0.4 is 16.0 Å². The van der Waals surface area contributed by atoms with Crippen LogP contribution in [0.25, 0.3) is 0 Å². The second-order valence-corrected chi connectivity index (χ2v) is 2.79. The maximum atomic E-state index is 10.3. The first-order valence-electron chi connectivity index (χ1n) is 4.14. The molecule has 2 aliphatic heterocycles. The maximum Gasteiger partial charge on any atom is 0.328 e. The predicted octanol–water partition coefficient (Wildman–Crippen LogP) is -2.06. The van der Waals surface area contributed by atoms with E-state index in [4.69, 9.17) is 0 Å². The zero-order chi connectivity index (χ0) is 12.1. The standard InChI is InChI=1S/C4H4N2O3.C4H3NO2/c7-2-1-3(8)6-4(9)5-2;6-3-1-2-4(7)5-3/h1H2,(H2,5,6,7,8,9);1-2H,(H,5,6,7). The normalized spacial score (nSPS) is 18.4. The number of nitrogens with one attached hydrogen (secondary N) is 3. The van der Waals surface area contributed by atoms with Crippen LogP contribution in [0.15, 0.2) is 12.2 Å². The van der Waals surface area contributed by atoms with Crippen molar-refractivity contribution in [3.05, 3.63) is 12.2 Å². The summed E-state index contributed by atoms with van der Waals surface area (Å²) in [6.07, 6.45) is 2.14. The van der Waals surface area contributed by atoms with Gasteiger partial charge in [0, 0.05) is 12.2 Å². The van der Waals surface area contributed by atoms with Crippen LogP contribution in [0, 0.1) is 0 Å². The van der Waals surface area contributed by atoms with Crippen molar-refractivity contribution in [2.75, 3.05) is 0 Å². The molecule has 2 aliphatic rings. The van der Waals surface area contributed by atoms with Gasteiger partial charge in [0.15, 0.2) is 0 Å². The van der Waals surface area contributed by atoms with Crippen molar-refractivity contribution in [3.8, 4) is 0 Å². The lowest BCUT2D eigenvalue weighted by Crippen LogP contribution is -2.49. The van der Waals surface area contributed by atoms with Gasteiger partial charge in [0.25, 0.3) is 11.8 Å². The fourth-order valence-electron chi connectivity index (χ4n) is 0.875. The van der Waals surface area contributed by atoms with E-state index >= 15 is 0 Å². The van der Waals surface area contributed by atoms with Gasteiger partial charge in [-0.2, -0.15) is 0 Å². The van der Waals surface area contributed by atoms with Gasteiger partial charge in [-0.15, -0.1) is 0 Å². The number of rotatable bonds is 0. The SMILES string of the molecule is O=C1C=CC(=O)N1.O=C1CC(=O)NC(=O)N1. The van der Waals surface area contributed by atoms with Crippen molar-refractivity contribution in [3.63, 3.8) is 0 Å². The van der Waals surface area contributed by atoms with Crippen molar-refractivity contribution in [2.24, 2.45) is 0 Å². The lowest BCUT2D eigenvalue weighted by molar-refractivity contribution is -0.130. The second kappa shape index (κ2) is 4.82. The summed E-state index contributed by atoms with van der Waals surface area (Å²) in [6.45, 7) is 0. The Bertz CT molecular complexity index is 351. The van der Waals surface area contributed by atoms with Crippen LogP contribution in [0.3, 0.4) is 0 Å². The Labute approximate surface area is 89.1 Å². The molecular weight excluding hydrogens is 218 g/mol. The first kappa shape index (κ1) is 11.6. The average Bonchev–Trinajstić information content (AvgIpc) is 2.48. The van der Waals surface area contributed by atoms with Gasteiger partial charge in [-0.1, -0.05) is 0 Å². The fraction of sp³-hybridized carbons (Fsp3) is 0.125. The highest BCUT2D eigenvalue weighted by atomic mass is 16.2. The third-order valence-corrected chi connectivity index (χ3v) is 1.46. The van der Waals surface area contributed by atoms with E-state index in [9.17, 15) is 24.0 Å². The fourth-order valence-corrected chi connectivity index (χ4v) is 0.875. The van der Waals surface area contributed by atoms with E-state index in [0.29, 0.717) is 0 Å². The van der Waals surface area contributed by atoms with Crippen molar-refractivity contribution in [1.29, 1.82) is 0 Å². The Balaban J connectivity index is 0.000000165. The van der Waals surface area contributed by atoms with Gasteiger partial charge in [-0.3, -0.25) is 35.1 Å². The highest BCUT2D eigenvalue weighted by molar-refractivity contribution is 6.14. The van der Waals surface area contributed by atoms with Crippen molar-refractivity contribution in [1.82, 2.24) is 16.0 Å². The zero-order valence-electron chi connectivity index (χ0n) is 7.90. The third-order valence-electron chi connectivity index (χ3n) is 1.46. The molecule has 0 bridgehead atoms. The van der Waals surface area contributed by atoms with Gasteiger partial charge in [0.05, 0.1) is 0 Å². The highest BCUT2D eigenvalue weighted by Gasteiger charge is 2.20. The van der Waals surface area contributed by atoms with Crippen molar-refractivity contribution < 1.29 is 24.0 Å². The number of imide groups is 3. The first-order chi connectivity index (χ1) is 7.47. The monoisotopic (exact) mass is 225 g/mol. The van der Waals surface area contributed by atoms with Crippen LogP contribution in [0.5, 0.6) is 0 Å². The molecule has 0 aliphatic carbocycles. The number of barbiturate groups is 1. The Morgan fingerprint density at radius 3 is 1.44 bits per heavy atom. The van der Waals surface area contributed by atoms with E-state index in [1.54, 1.807) is 0 Å². The van der Waals surface area contributed by atoms with E-state index in [0.717, 1.165) is 0 Å². The van der Waals surface area contributed by atoms with Crippen LogP contribution in [-0.4, -0.2) is 29.7 Å². The molecule has 8 nitrogen and oxygen atoms in total. The van der Waals surface area contributed by atoms with Gasteiger partial charge >= 0.3 is 6.03 Å². The molecule has 0 aromatic carbocycles. The molecule has 0 aromatic heterocycles. The topological polar surface area (TPSA) is 121 Å². The summed E-state index contributed by atoms with van der Waals surface area (Å²) in [6, 6.07) is -0.740. The van der Waals surface area contributed by atoms with E-state index < -0.39 is 17.8 Å². The lowest BCUT2D eigenvalue weighted by atomic mass is 10.3. The minimum absolute atomic E-state index is 0.258. The molecule has 0 saturated carbocycles. The predicted molar refractivity (Wildman–Crippen MR) is 48.6 cm³/mol. The Morgan fingerprint density at radius 1 is 0.750 bits per heavy atom. The van der Waals surface area contributed by atoms with E-state index in [-0.39, 0.29) is 18.2 Å². The van der Waals surface area contributed by atoms with E-state index in [1.165, 1.54) is 12.2 Å². The van der Waals surface area contributed by atoms with Gasteiger partial charge in [0.1, 0.15) is 6.42 Å². The summed E-state index contributed by atoms with van der Waals surface area (Å²) in [5.41, 5.74) is 0. The molecule has 0 unspecified atom stereocenters. The quantitative estimate of drug-likeness (QED) is 0.323. The van der Waals surface area contributed by atoms with Gasteiger partial charge in [0.2, 0.25) is 11.8 Å². The number of carbonyl (C=O) groups excluding carboxylic acids is 5. The van der Waals surface area contributed by atoms with Crippen molar-refractivity contribution in [2.45, 2.75) is 6.42 Å². The molecule has 0 radical (unpaired) electrons. The lowest BCUT2D eigenvalue weighted by Gasteiger charge is -2.09. The molecule has 84 valence electrons. The number of amides is 6. The van der Waals surface area contributed by atoms with Crippen molar-refractivity contribution >= 4 is 29.7 Å². The van der Waals surface area contributed by atoms with Crippen LogP contribution >= 0.6 is 0 Å². The van der Waals surface area contributed by atoms with E-state index in [1.807, 2.05) is 16.0 Å². The van der Waals surface area contributed by atoms with Gasteiger partial charge < -0.3 is 0 Å². The Morgan fingerprint density at radius 2 is 1.19 bits per heavy atom. The smallest absolute Gasteiger partial charge is 0.289 e. The summed E-state index contributed by atoms with van der Waals surface area (Å²) >= 11 is 0. The molecule has 0 aromatic rings. The number of hydrogen-bond acceptors (Lipinski definition) is 5. The molecule has 2 heterocycles. The largest absolute Gasteiger partial charge is 0.328 e. The van der Waals surface area contributed by atoms with Crippen LogP contribution in [0.4, 0.5) is 4.79 Å². The summed E-state index contributed by atoms with van der Waals surface area (Å²) in [4.78, 5) is 50.9. The zero-order valence-corrected chi connectivity index (χ0v) is 7.90. The van der Waals surface area contributed by atoms with Crippen LogP contribution in [0.1, 0.15) is 6.42 Å². The summed E-state index contributed by atoms with van der Waals surface area (Å²) < 4.78 is 0. The Kier molecular flexibility index (Phi) is 3.49. The third kappa shape index (κ3) is 3.70. The molecule has 0 atom stereocenters. The summed E-state index contributed by atoms with van der Waals surface area (Å²) in [5, 5.41) is 5.83. The molecule has 3 N–H and O–H groups in total. The van der Waals surface area contributed by atoms with Gasteiger partial charge in [-0.05, 0) is 0 Å². The molecular formula is C8H7N3O5. The summed E-state index contributed by atoms with van der Waals surface area (Å²) in [7, 11) is 0. The summed E-state index contributed by atoms with van der Waals surface area (Å²) in [5.74, 6) is -1.76. The molecule has 16 heavy (non-hydrogen) atoms. The molecule has 6 amide bonds.